The summed E-state index contributed by atoms with van der Waals surface area (Å²) in [5.74, 6) is -12.2. The highest BCUT2D eigenvalue weighted by Crippen LogP contribution is 2.27. The molecule has 0 saturated carbocycles. The number of nitrogens with zero attached hydrogens (tertiary/aromatic N) is 3. The third-order valence-electron chi connectivity index (χ3n) is 12.4. The van der Waals surface area contributed by atoms with E-state index in [1.54, 1.807) is 0 Å². The molecule has 0 aromatic heterocycles. The summed E-state index contributed by atoms with van der Waals surface area (Å²) < 4.78 is 0. The van der Waals surface area contributed by atoms with Gasteiger partial charge in [0, 0.05) is 51.6 Å². The predicted molar refractivity (Wildman–Crippen MR) is 247 cm³/mol. The van der Waals surface area contributed by atoms with E-state index in [9.17, 15) is 78.0 Å². The third kappa shape index (κ3) is 16.9. The van der Waals surface area contributed by atoms with Gasteiger partial charge in [0.25, 0.3) is 0 Å². The van der Waals surface area contributed by atoms with Gasteiger partial charge in [-0.3, -0.25) is 57.5 Å². The maximum Gasteiger partial charge on any atom is 0.303 e. The fourth-order valence-corrected chi connectivity index (χ4v) is 9.00. The summed E-state index contributed by atoms with van der Waals surface area (Å²) in [5, 5.41) is 51.2. The van der Waals surface area contributed by atoms with Gasteiger partial charge in [-0.05, 0) is 77.2 Å². The molecule has 27 heteroatoms. The molecule has 0 spiro atoms. The predicted octanol–water partition coefficient (Wildman–Crippen LogP) is -4.76. The van der Waals surface area contributed by atoms with Crippen LogP contribution in [0.15, 0.2) is 0 Å². The van der Waals surface area contributed by atoms with E-state index >= 15 is 0 Å². The van der Waals surface area contributed by atoms with Crippen LogP contribution in [0.5, 0.6) is 0 Å². The number of unbranched alkanes of at least 4 members (excludes halogenated alkanes) is 1. The average molecular weight is 1010 g/mol. The maximum absolute atomic E-state index is 14.2. The number of likely N-dealkylation sites (tertiary alicyclic amines) is 3. The van der Waals surface area contributed by atoms with Crippen molar-refractivity contribution in [1.29, 1.82) is 0 Å². The largest absolute Gasteiger partial charge is 0.481 e. The van der Waals surface area contributed by atoms with E-state index in [-0.39, 0.29) is 44.6 Å². The number of hydrogen-bond acceptors (Lipinski definition) is 16. The van der Waals surface area contributed by atoms with E-state index in [0.29, 0.717) is 45.1 Å². The Morgan fingerprint density at radius 1 is 0.600 bits per heavy atom. The molecule has 0 bridgehead atoms. The van der Waals surface area contributed by atoms with Gasteiger partial charge in [0.2, 0.25) is 53.2 Å². The minimum Gasteiger partial charge on any atom is -0.481 e. The van der Waals surface area contributed by atoms with Gasteiger partial charge in [-0.1, -0.05) is 0 Å². The first kappa shape index (κ1) is 58.4. The van der Waals surface area contributed by atoms with E-state index in [1.165, 1.54) is 16.7 Å². The average Bonchev–Trinajstić information content (AvgIpc) is 4.12. The van der Waals surface area contributed by atoms with Crippen molar-refractivity contribution in [3.05, 3.63) is 0 Å². The molecule has 3 aliphatic rings. The molecule has 0 radical (unpaired) electrons. The number of primary amides is 1. The van der Waals surface area contributed by atoms with Crippen LogP contribution >= 0.6 is 12.6 Å². The van der Waals surface area contributed by atoms with Gasteiger partial charge < -0.3 is 73.2 Å². The first-order valence-electron chi connectivity index (χ1n) is 23.4. The molecule has 9 amide bonds. The zero-order valence-electron chi connectivity index (χ0n) is 39.2. The Hall–Kier alpha value is -5.93. The minimum atomic E-state index is -1.63. The standard InChI is InChI=1S/C43H68N10O16S/c1-23(56)46-27(7-2-3-15-44)41(67)51-16-4-8-30(51)33(57)19-24(20-54)37(63)49-28(21-55)42(68)53-18-6-10-32(53)43(69)52-17-5-9-31(52)40(66)48-26(12-14-35(60)61)38(64)47-25(11-13-34(58)59)39(65)50-29(22-70)36(45)62/h24-32,54-55,70H,2-22,44H2,1H3,(H2,45,62)(H,46,56)(H,47,64)(H,48,66)(H,49,63)(H,50,65)(H,58,59)(H,60,61)/t24-,25-,26-,27-,28-,29-,30-,31-,32-/m0/s1. The zero-order chi connectivity index (χ0) is 52.2. The number of Topliss-reactive ketones (excluding diaryl/α,β-unsaturated/α-hetero) is 1. The lowest BCUT2D eigenvalue weighted by atomic mass is 9.96. The second-order valence-corrected chi connectivity index (χ2v) is 17.9. The molecule has 26 nitrogen and oxygen atoms in total. The monoisotopic (exact) mass is 1010 g/mol. The summed E-state index contributed by atoms with van der Waals surface area (Å²) in [7, 11) is 0. The van der Waals surface area contributed by atoms with Crippen molar-refractivity contribution >= 4 is 83.5 Å². The molecule has 13 N–H and O–H groups in total. The van der Waals surface area contributed by atoms with Crippen molar-refractivity contribution < 1.29 is 78.0 Å². The summed E-state index contributed by atoms with van der Waals surface area (Å²) >= 11 is 3.95. The van der Waals surface area contributed by atoms with Crippen LogP contribution < -0.4 is 38.1 Å². The number of nitrogens with one attached hydrogen (secondary N) is 5. The van der Waals surface area contributed by atoms with Crippen molar-refractivity contribution in [2.45, 2.75) is 145 Å². The number of amides is 9. The first-order chi connectivity index (χ1) is 33.2. The summed E-state index contributed by atoms with van der Waals surface area (Å²) in [5.41, 5.74) is 10.9. The van der Waals surface area contributed by atoms with Gasteiger partial charge in [0.1, 0.15) is 42.3 Å². The van der Waals surface area contributed by atoms with Crippen LogP contribution in [0.1, 0.15) is 96.8 Å². The molecule has 3 fully saturated rings. The Bertz CT molecular complexity index is 1940. The molecule has 3 saturated heterocycles. The van der Waals surface area contributed by atoms with Crippen molar-refractivity contribution in [1.82, 2.24) is 41.3 Å². The number of rotatable bonds is 29. The number of aliphatic carboxylic acids is 2. The smallest absolute Gasteiger partial charge is 0.303 e. The van der Waals surface area contributed by atoms with Crippen molar-refractivity contribution in [3.8, 4) is 0 Å². The molecule has 3 rings (SSSR count). The lowest BCUT2D eigenvalue weighted by Gasteiger charge is -2.33. The van der Waals surface area contributed by atoms with E-state index in [1.807, 2.05) is 0 Å². The molecular weight excluding hydrogens is 945 g/mol. The van der Waals surface area contributed by atoms with E-state index in [0.717, 1.165) is 4.90 Å². The third-order valence-corrected chi connectivity index (χ3v) is 12.8. The van der Waals surface area contributed by atoms with Crippen LogP contribution in [-0.2, 0) is 57.5 Å². The Kier molecular flexibility index (Phi) is 23.9. The van der Waals surface area contributed by atoms with E-state index < -0.39 is 170 Å². The normalized spacial score (nSPS) is 20.2. The Balaban J connectivity index is 1.72. The number of carboxylic acids is 2. The number of aliphatic hydroxyl groups is 2. The number of nitrogens with two attached hydrogens (primary N) is 2. The number of carbonyl (C=O) groups is 12. The highest BCUT2D eigenvalue weighted by atomic mass is 32.1. The van der Waals surface area contributed by atoms with Crippen LogP contribution in [0.4, 0.5) is 0 Å². The topological polar surface area (TPSA) is 408 Å². The number of hydrogen-bond donors (Lipinski definition) is 12. The van der Waals surface area contributed by atoms with E-state index in [4.69, 9.17) is 11.5 Å². The fraction of sp³-hybridized carbons (Fsp3) is 0.721. The number of carbonyl (C=O) groups excluding carboxylic acids is 10. The maximum atomic E-state index is 14.2. The summed E-state index contributed by atoms with van der Waals surface area (Å²) in [6.07, 6.45) is 0.245. The zero-order valence-corrected chi connectivity index (χ0v) is 40.1. The van der Waals surface area contributed by atoms with Crippen LogP contribution in [0.25, 0.3) is 0 Å². The van der Waals surface area contributed by atoms with Gasteiger partial charge >= 0.3 is 11.9 Å². The lowest BCUT2D eigenvalue weighted by Crippen LogP contribution is -2.59. The Morgan fingerprint density at radius 2 is 1.10 bits per heavy atom. The molecule has 0 aromatic carbocycles. The molecule has 3 aliphatic heterocycles. The molecule has 9 atom stereocenters. The summed E-state index contributed by atoms with van der Waals surface area (Å²) in [4.78, 5) is 159. The van der Waals surface area contributed by atoms with Gasteiger partial charge in [-0.2, -0.15) is 12.6 Å². The van der Waals surface area contributed by atoms with Gasteiger partial charge in [0.05, 0.1) is 25.2 Å². The SMILES string of the molecule is CC(=O)N[C@@H](CCCCN)C(=O)N1CCC[C@H]1C(=O)C[C@@H](CO)C(=O)N[C@@H](CO)C(=O)N1CCC[C@H]1C(=O)N1CCC[C@H]1C(=O)N[C@@H](CCC(=O)O)C(=O)N[C@@H](CCC(=O)O)C(=O)N[C@@H](CS)C(N)=O. The van der Waals surface area contributed by atoms with Crippen LogP contribution in [0.2, 0.25) is 0 Å². The number of carboxylic acid groups (broad SMARTS) is 2. The van der Waals surface area contributed by atoms with Crippen molar-refractivity contribution in [2.24, 2.45) is 17.4 Å². The highest BCUT2D eigenvalue weighted by molar-refractivity contribution is 7.80. The molecule has 0 unspecified atom stereocenters. The van der Waals surface area contributed by atoms with Crippen molar-refractivity contribution in [3.63, 3.8) is 0 Å². The number of aliphatic hydroxyl groups excluding tert-OH is 2. The Morgan fingerprint density at radius 3 is 1.61 bits per heavy atom. The second-order valence-electron chi connectivity index (χ2n) is 17.5. The van der Waals surface area contributed by atoms with Gasteiger partial charge in [0.15, 0.2) is 5.78 Å². The second kappa shape index (κ2) is 28.7. The molecular formula is C43H68N10O16S. The molecule has 0 aromatic rings. The summed E-state index contributed by atoms with van der Waals surface area (Å²) in [6, 6.07) is -10.4. The van der Waals surface area contributed by atoms with E-state index in [2.05, 4.69) is 39.2 Å². The van der Waals surface area contributed by atoms with Crippen LogP contribution in [0.3, 0.4) is 0 Å². The number of ketones is 1. The molecule has 70 heavy (non-hydrogen) atoms. The minimum absolute atomic E-state index is 0.00765. The van der Waals surface area contributed by atoms with Gasteiger partial charge in [-0.25, -0.2) is 0 Å². The van der Waals surface area contributed by atoms with Crippen molar-refractivity contribution in [2.75, 3.05) is 45.1 Å². The van der Waals surface area contributed by atoms with Crippen LogP contribution in [-0.4, -0.2) is 199 Å². The van der Waals surface area contributed by atoms with Gasteiger partial charge in [-0.15, -0.1) is 0 Å². The fourth-order valence-electron chi connectivity index (χ4n) is 8.73. The molecule has 392 valence electrons. The first-order valence-corrected chi connectivity index (χ1v) is 24.0. The highest BCUT2D eigenvalue weighted by Gasteiger charge is 2.45. The molecule has 3 heterocycles. The Labute approximate surface area is 409 Å². The quantitative estimate of drug-likeness (QED) is 0.0247. The lowest BCUT2D eigenvalue weighted by molar-refractivity contribution is -0.149. The van der Waals surface area contributed by atoms with Crippen LogP contribution in [0, 0.1) is 5.92 Å². The number of thiol groups is 1. The summed E-state index contributed by atoms with van der Waals surface area (Å²) in [6.45, 7) is 0.134. The molecule has 0 aliphatic carbocycles.